The van der Waals surface area contributed by atoms with Gasteiger partial charge in [0.05, 0.1) is 6.04 Å². The standard InChI is InChI=1S/C12H13NO2/c1-9-11(14)7-8-13(9)12(15)10-5-3-2-4-6-10/h2-6,9H,7-8H2,1H3/t9-/m1/s1. The molecule has 0 saturated carbocycles. The van der Waals surface area contributed by atoms with Crippen molar-refractivity contribution in [1.29, 1.82) is 0 Å². The fraction of sp³-hybridized carbons (Fsp3) is 0.333. The molecule has 3 nitrogen and oxygen atoms in total. The lowest BCUT2D eigenvalue weighted by Gasteiger charge is -2.19. The molecule has 2 rings (SSSR count). The van der Waals surface area contributed by atoms with E-state index >= 15 is 0 Å². The summed E-state index contributed by atoms with van der Waals surface area (Å²) in [5.41, 5.74) is 0.652. The van der Waals surface area contributed by atoms with E-state index in [1.54, 1.807) is 24.0 Å². The molecule has 3 heteroatoms. The molecule has 1 atom stereocenters. The van der Waals surface area contributed by atoms with Crippen LogP contribution < -0.4 is 0 Å². The summed E-state index contributed by atoms with van der Waals surface area (Å²) < 4.78 is 0. The smallest absolute Gasteiger partial charge is 0.254 e. The second-order valence-corrected chi connectivity index (χ2v) is 3.76. The van der Waals surface area contributed by atoms with Crippen molar-refractivity contribution in [3.8, 4) is 0 Å². The molecule has 0 aliphatic carbocycles. The molecule has 1 aromatic carbocycles. The molecule has 15 heavy (non-hydrogen) atoms. The van der Waals surface area contributed by atoms with Gasteiger partial charge < -0.3 is 4.90 Å². The first-order chi connectivity index (χ1) is 7.20. The highest BCUT2D eigenvalue weighted by atomic mass is 16.2. The third kappa shape index (κ3) is 1.77. The predicted molar refractivity (Wildman–Crippen MR) is 56.6 cm³/mol. The van der Waals surface area contributed by atoms with Gasteiger partial charge in [-0.3, -0.25) is 9.59 Å². The first-order valence-electron chi connectivity index (χ1n) is 5.09. The summed E-state index contributed by atoms with van der Waals surface area (Å²) >= 11 is 0. The van der Waals surface area contributed by atoms with Gasteiger partial charge in [0.2, 0.25) is 0 Å². The molecule has 1 saturated heterocycles. The first kappa shape index (κ1) is 9.90. The SMILES string of the molecule is C[C@@H]1C(=O)CCN1C(=O)c1ccccc1. The molecule has 0 bridgehead atoms. The van der Waals surface area contributed by atoms with Crippen LogP contribution in [0.15, 0.2) is 30.3 Å². The monoisotopic (exact) mass is 203 g/mol. The molecule has 1 aliphatic heterocycles. The van der Waals surface area contributed by atoms with Crippen molar-refractivity contribution >= 4 is 11.7 Å². The third-order valence-electron chi connectivity index (χ3n) is 2.81. The summed E-state index contributed by atoms with van der Waals surface area (Å²) in [4.78, 5) is 24.9. The van der Waals surface area contributed by atoms with Gasteiger partial charge >= 0.3 is 0 Å². The quantitative estimate of drug-likeness (QED) is 0.693. The summed E-state index contributed by atoms with van der Waals surface area (Å²) in [6.07, 6.45) is 0.486. The fourth-order valence-electron chi connectivity index (χ4n) is 1.83. The van der Waals surface area contributed by atoms with Crippen molar-refractivity contribution in [3.05, 3.63) is 35.9 Å². The zero-order chi connectivity index (χ0) is 10.8. The van der Waals surface area contributed by atoms with E-state index in [2.05, 4.69) is 0 Å². The highest BCUT2D eigenvalue weighted by molar-refractivity contribution is 5.99. The van der Waals surface area contributed by atoms with Crippen molar-refractivity contribution in [2.24, 2.45) is 0 Å². The maximum Gasteiger partial charge on any atom is 0.254 e. The van der Waals surface area contributed by atoms with E-state index < -0.39 is 0 Å². The maximum absolute atomic E-state index is 12.0. The summed E-state index contributed by atoms with van der Waals surface area (Å²) in [5, 5.41) is 0. The molecule has 0 aromatic heterocycles. The number of rotatable bonds is 1. The van der Waals surface area contributed by atoms with Crippen LogP contribution >= 0.6 is 0 Å². The number of carbonyl (C=O) groups excluding carboxylic acids is 2. The molecule has 0 spiro atoms. The van der Waals surface area contributed by atoms with Gasteiger partial charge in [0.15, 0.2) is 5.78 Å². The van der Waals surface area contributed by atoms with Crippen molar-refractivity contribution < 1.29 is 9.59 Å². The fourth-order valence-corrected chi connectivity index (χ4v) is 1.83. The van der Waals surface area contributed by atoms with E-state index in [0.29, 0.717) is 18.5 Å². The minimum absolute atomic E-state index is 0.0473. The van der Waals surface area contributed by atoms with Gasteiger partial charge in [0, 0.05) is 18.5 Å². The van der Waals surface area contributed by atoms with Crippen molar-refractivity contribution in [2.75, 3.05) is 6.54 Å². The minimum Gasteiger partial charge on any atom is -0.328 e. The minimum atomic E-state index is -0.266. The Morgan fingerprint density at radius 3 is 2.53 bits per heavy atom. The van der Waals surface area contributed by atoms with Crippen LogP contribution in [0.25, 0.3) is 0 Å². The lowest BCUT2D eigenvalue weighted by molar-refractivity contribution is -0.119. The number of carbonyl (C=O) groups is 2. The average Bonchev–Trinajstić information content (AvgIpc) is 2.60. The highest BCUT2D eigenvalue weighted by Gasteiger charge is 2.32. The van der Waals surface area contributed by atoms with Gasteiger partial charge in [0.25, 0.3) is 5.91 Å². The summed E-state index contributed by atoms with van der Waals surface area (Å²) in [5.74, 6) is 0.105. The Kier molecular flexibility index (Phi) is 2.54. The van der Waals surface area contributed by atoms with E-state index in [1.807, 2.05) is 18.2 Å². The Morgan fingerprint density at radius 2 is 2.00 bits per heavy atom. The molecule has 1 aromatic rings. The molecule has 1 heterocycles. The number of likely N-dealkylation sites (tertiary alicyclic amines) is 1. The van der Waals surface area contributed by atoms with Gasteiger partial charge in [-0.05, 0) is 19.1 Å². The molecule has 0 radical (unpaired) electrons. The van der Waals surface area contributed by atoms with Crippen LogP contribution in [0, 0.1) is 0 Å². The lowest BCUT2D eigenvalue weighted by atomic mass is 10.2. The molecular formula is C12H13NO2. The van der Waals surface area contributed by atoms with Crippen LogP contribution in [-0.2, 0) is 4.79 Å². The summed E-state index contributed by atoms with van der Waals surface area (Å²) in [6, 6.07) is 8.81. The second-order valence-electron chi connectivity index (χ2n) is 3.76. The molecule has 1 aliphatic rings. The van der Waals surface area contributed by atoms with Gasteiger partial charge in [-0.1, -0.05) is 18.2 Å². The Hall–Kier alpha value is -1.64. The van der Waals surface area contributed by atoms with Crippen LogP contribution in [0.2, 0.25) is 0 Å². The van der Waals surface area contributed by atoms with Crippen LogP contribution in [0.3, 0.4) is 0 Å². The number of ketones is 1. The molecule has 78 valence electrons. The predicted octanol–water partition coefficient (Wildman–Crippen LogP) is 1.49. The topological polar surface area (TPSA) is 37.4 Å². The largest absolute Gasteiger partial charge is 0.328 e. The lowest BCUT2D eigenvalue weighted by Crippen LogP contribution is -2.35. The average molecular weight is 203 g/mol. The second kappa shape index (κ2) is 3.85. The molecular weight excluding hydrogens is 190 g/mol. The molecule has 1 amide bonds. The summed E-state index contributed by atoms with van der Waals surface area (Å²) in [6.45, 7) is 2.34. The zero-order valence-corrected chi connectivity index (χ0v) is 8.64. The van der Waals surface area contributed by atoms with Crippen molar-refractivity contribution in [3.63, 3.8) is 0 Å². The first-order valence-corrected chi connectivity index (χ1v) is 5.09. The summed E-state index contributed by atoms with van der Waals surface area (Å²) in [7, 11) is 0. The van der Waals surface area contributed by atoms with Crippen LogP contribution in [0.1, 0.15) is 23.7 Å². The number of benzene rings is 1. The van der Waals surface area contributed by atoms with Crippen molar-refractivity contribution in [1.82, 2.24) is 4.90 Å². The van der Waals surface area contributed by atoms with Crippen LogP contribution in [0.5, 0.6) is 0 Å². The highest BCUT2D eigenvalue weighted by Crippen LogP contribution is 2.16. The van der Waals surface area contributed by atoms with E-state index in [1.165, 1.54) is 0 Å². The number of amides is 1. The number of Topliss-reactive ketones (excluding diaryl/α,β-unsaturated/α-hetero) is 1. The molecule has 1 fully saturated rings. The van der Waals surface area contributed by atoms with E-state index in [4.69, 9.17) is 0 Å². The van der Waals surface area contributed by atoms with Gasteiger partial charge in [-0.25, -0.2) is 0 Å². The van der Waals surface area contributed by atoms with Gasteiger partial charge in [-0.2, -0.15) is 0 Å². The normalized spacial score (nSPS) is 20.7. The Labute approximate surface area is 88.7 Å². The van der Waals surface area contributed by atoms with Gasteiger partial charge in [-0.15, -0.1) is 0 Å². The van der Waals surface area contributed by atoms with E-state index in [-0.39, 0.29) is 17.7 Å². The molecule has 0 N–H and O–H groups in total. The van der Waals surface area contributed by atoms with Crippen molar-refractivity contribution in [2.45, 2.75) is 19.4 Å². The number of hydrogen-bond donors (Lipinski definition) is 0. The Balaban J connectivity index is 2.19. The Morgan fingerprint density at radius 1 is 1.33 bits per heavy atom. The maximum atomic E-state index is 12.0. The number of nitrogens with zero attached hydrogens (tertiary/aromatic N) is 1. The van der Waals surface area contributed by atoms with Crippen LogP contribution in [0.4, 0.5) is 0 Å². The zero-order valence-electron chi connectivity index (χ0n) is 8.64. The van der Waals surface area contributed by atoms with Gasteiger partial charge in [0.1, 0.15) is 0 Å². The van der Waals surface area contributed by atoms with E-state index in [9.17, 15) is 9.59 Å². The van der Waals surface area contributed by atoms with Crippen LogP contribution in [-0.4, -0.2) is 29.2 Å². The number of hydrogen-bond acceptors (Lipinski definition) is 2. The van der Waals surface area contributed by atoms with E-state index in [0.717, 1.165) is 0 Å². The Bertz CT molecular complexity index is 386. The third-order valence-corrected chi connectivity index (χ3v) is 2.81. The molecule has 0 unspecified atom stereocenters.